The molecule has 0 unspecified atom stereocenters. The molecular formula is C17H28N6O. The van der Waals surface area contributed by atoms with Crippen LogP contribution in [0.5, 0.6) is 0 Å². The summed E-state index contributed by atoms with van der Waals surface area (Å²) in [5, 5.41) is 3.44. The summed E-state index contributed by atoms with van der Waals surface area (Å²) >= 11 is 0. The third-order valence-electron chi connectivity index (χ3n) is 4.43. The standard InChI is InChI=1S/C17H28N6O/c1-18-16(19-8-3-13-24-14-15-4-5-15)22-9-11-23(12-10-22)17-20-6-2-7-21-17/h2,6-7,15H,3-5,8-14H2,1H3,(H,18,19). The minimum Gasteiger partial charge on any atom is -0.381 e. The number of hydrogen-bond acceptors (Lipinski definition) is 5. The molecule has 0 amide bonds. The smallest absolute Gasteiger partial charge is 0.225 e. The highest BCUT2D eigenvalue weighted by molar-refractivity contribution is 5.80. The number of anilines is 1. The molecule has 24 heavy (non-hydrogen) atoms. The second kappa shape index (κ2) is 8.82. The fourth-order valence-corrected chi connectivity index (χ4v) is 2.81. The van der Waals surface area contributed by atoms with Crippen LogP contribution in [0.25, 0.3) is 0 Å². The lowest BCUT2D eigenvalue weighted by Gasteiger charge is -2.36. The average Bonchev–Trinajstić information content (AvgIpc) is 3.47. The van der Waals surface area contributed by atoms with Crippen molar-refractivity contribution < 1.29 is 4.74 Å². The molecule has 0 radical (unpaired) electrons. The predicted octanol–water partition coefficient (Wildman–Crippen LogP) is 0.991. The van der Waals surface area contributed by atoms with Gasteiger partial charge >= 0.3 is 0 Å². The van der Waals surface area contributed by atoms with Gasteiger partial charge in [0.05, 0.1) is 0 Å². The number of ether oxygens (including phenoxy) is 1. The van der Waals surface area contributed by atoms with E-state index < -0.39 is 0 Å². The lowest BCUT2D eigenvalue weighted by atomic mass is 10.3. The first-order valence-electron chi connectivity index (χ1n) is 8.92. The van der Waals surface area contributed by atoms with Gasteiger partial charge in [0, 0.05) is 65.4 Å². The minimum absolute atomic E-state index is 0.813. The molecule has 0 aromatic carbocycles. The average molecular weight is 332 g/mol. The summed E-state index contributed by atoms with van der Waals surface area (Å²) in [4.78, 5) is 17.6. The second-order valence-electron chi connectivity index (χ2n) is 6.37. The fourth-order valence-electron chi connectivity index (χ4n) is 2.81. The van der Waals surface area contributed by atoms with E-state index in [1.54, 1.807) is 12.4 Å². The summed E-state index contributed by atoms with van der Waals surface area (Å²) in [6.07, 6.45) is 7.31. The number of guanidine groups is 1. The van der Waals surface area contributed by atoms with Crippen molar-refractivity contribution in [1.82, 2.24) is 20.2 Å². The van der Waals surface area contributed by atoms with Crippen molar-refractivity contribution in [3.63, 3.8) is 0 Å². The van der Waals surface area contributed by atoms with Crippen LogP contribution in [-0.2, 0) is 4.74 Å². The van der Waals surface area contributed by atoms with Gasteiger partial charge in [0.1, 0.15) is 0 Å². The maximum atomic E-state index is 5.67. The number of hydrogen-bond donors (Lipinski definition) is 1. The number of piperazine rings is 1. The molecule has 1 aromatic heterocycles. The monoisotopic (exact) mass is 332 g/mol. The van der Waals surface area contributed by atoms with Gasteiger partial charge in [-0.1, -0.05) is 0 Å². The Labute approximate surface area is 144 Å². The summed E-state index contributed by atoms with van der Waals surface area (Å²) in [6, 6.07) is 1.85. The van der Waals surface area contributed by atoms with E-state index in [-0.39, 0.29) is 0 Å². The van der Waals surface area contributed by atoms with Gasteiger partial charge in [-0.05, 0) is 31.2 Å². The number of nitrogens with one attached hydrogen (secondary N) is 1. The first-order chi connectivity index (χ1) is 11.9. The third-order valence-corrected chi connectivity index (χ3v) is 4.43. The van der Waals surface area contributed by atoms with Gasteiger partial charge in [0.2, 0.25) is 5.95 Å². The molecule has 1 aliphatic heterocycles. The largest absolute Gasteiger partial charge is 0.381 e. The van der Waals surface area contributed by atoms with Crippen LogP contribution in [0, 0.1) is 5.92 Å². The molecular weight excluding hydrogens is 304 g/mol. The van der Waals surface area contributed by atoms with E-state index in [1.807, 2.05) is 13.1 Å². The van der Waals surface area contributed by atoms with E-state index in [1.165, 1.54) is 12.8 Å². The first kappa shape index (κ1) is 17.0. The Morgan fingerprint density at radius 2 is 2.00 bits per heavy atom. The highest BCUT2D eigenvalue weighted by Gasteiger charge is 2.22. The zero-order chi connectivity index (χ0) is 16.6. The second-order valence-corrected chi connectivity index (χ2v) is 6.37. The van der Waals surface area contributed by atoms with Gasteiger partial charge in [0.25, 0.3) is 0 Å². The van der Waals surface area contributed by atoms with Crippen LogP contribution >= 0.6 is 0 Å². The highest BCUT2D eigenvalue weighted by Crippen LogP contribution is 2.28. The quantitative estimate of drug-likeness (QED) is 0.456. The van der Waals surface area contributed by atoms with Crippen molar-refractivity contribution >= 4 is 11.9 Å². The maximum Gasteiger partial charge on any atom is 0.225 e. The minimum atomic E-state index is 0.813. The van der Waals surface area contributed by atoms with Crippen LogP contribution in [0.2, 0.25) is 0 Å². The van der Waals surface area contributed by atoms with Gasteiger partial charge in [-0.2, -0.15) is 0 Å². The summed E-state index contributed by atoms with van der Waals surface area (Å²) < 4.78 is 5.67. The topological polar surface area (TPSA) is 65.9 Å². The van der Waals surface area contributed by atoms with Gasteiger partial charge < -0.3 is 19.9 Å². The zero-order valence-corrected chi connectivity index (χ0v) is 14.5. The van der Waals surface area contributed by atoms with E-state index in [2.05, 4.69) is 30.1 Å². The lowest BCUT2D eigenvalue weighted by molar-refractivity contribution is 0.122. The van der Waals surface area contributed by atoms with Crippen LogP contribution in [0.4, 0.5) is 5.95 Å². The van der Waals surface area contributed by atoms with Crippen LogP contribution in [0.3, 0.4) is 0 Å². The van der Waals surface area contributed by atoms with Crippen molar-refractivity contribution in [2.24, 2.45) is 10.9 Å². The predicted molar refractivity (Wildman–Crippen MR) is 95.3 cm³/mol. The number of rotatable bonds is 7. The molecule has 2 heterocycles. The molecule has 7 nitrogen and oxygen atoms in total. The normalized spacial score (nSPS) is 18.8. The van der Waals surface area contributed by atoms with E-state index in [0.29, 0.717) is 0 Å². The molecule has 1 aliphatic carbocycles. The fraction of sp³-hybridized carbons (Fsp3) is 0.706. The van der Waals surface area contributed by atoms with Gasteiger partial charge in [0.15, 0.2) is 5.96 Å². The molecule has 0 bridgehead atoms. The molecule has 1 saturated carbocycles. The molecule has 1 N–H and O–H groups in total. The molecule has 7 heteroatoms. The number of aliphatic imine (C=N–C) groups is 1. The van der Waals surface area contributed by atoms with Crippen LogP contribution in [0.15, 0.2) is 23.5 Å². The Morgan fingerprint density at radius 3 is 2.67 bits per heavy atom. The number of aromatic nitrogens is 2. The lowest BCUT2D eigenvalue weighted by Crippen LogP contribution is -2.53. The Morgan fingerprint density at radius 1 is 1.25 bits per heavy atom. The van der Waals surface area contributed by atoms with Crippen molar-refractivity contribution in [2.75, 3.05) is 57.9 Å². The first-order valence-corrected chi connectivity index (χ1v) is 8.92. The van der Waals surface area contributed by atoms with Crippen LogP contribution < -0.4 is 10.2 Å². The van der Waals surface area contributed by atoms with E-state index in [9.17, 15) is 0 Å². The van der Waals surface area contributed by atoms with E-state index in [4.69, 9.17) is 4.74 Å². The molecule has 0 atom stereocenters. The third kappa shape index (κ3) is 5.06. The van der Waals surface area contributed by atoms with Crippen molar-refractivity contribution in [3.05, 3.63) is 18.5 Å². The summed E-state index contributed by atoms with van der Waals surface area (Å²) in [6.45, 7) is 6.36. The molecule has 2 fully saturated rings. The van der Waals surface area contributed by atoms with Crippen molar-refractivity contribution in [3.8, 4) is 0 Å². The van der Waals surface area contributed by atoms with Crippen LogP contribution in [-0.4, -0.2) is 73.8 Å². The van der Waals surface area contributed by atoms with Crippen molar-refractivity contribution in [2.45, 2.75) is 19.3 Å². The van der Waals surface area contributed by atoms with E-state index >= 15 is 0 Å². The zero-order valence-electron chi connectivity index (χ0n) is 14.5. The van der Waals surface area contributed by atoms with Crippen molar-refractivity contribution in [1.29, 1.82) is 0 Å². The molecule has 3 rings (SSSR count). The Balaban J connectivity index is 1.34. The summed E-state index contributed by atoms with van der Waals surface area (Å²) in [5.41, 5.74) is 0. The summed E-state index contributed by atoms with van der Waals surface area (Å²) in [7, 11) is 1.85. The molecule has 1 saturated heterocycles. The molecule has 0 spiro atoms. The van der Waals surface area contributed by atoms with Gasteiger partial charge in [-0.3, -0.25) is 4.99 Å². The Hall–Kier alpha value is -1.89. The summed E-state index contributed by atoms with van der Waals surface area (Å²) in [5.74, 6) is 2.63. The SMILES string of the molecule is CN=C(NCCCOCC1CC1)N1CCN(c2ncccn2)CC1. The van der Waals surface area contributed by atoms with E-state index in [0.717, 1.165) is 70.2 Å². The highest BCUT2D eigenvalue weighted by atomic mass is 16.5. The Bertz CT molecular complexity index is 511. The molecule has 132 valence electrons. The Kier molecular flexibility index (Phi) is 6.23. The number of nitrogens with zero attached hydrogens (tertiary/aromatic N) is 5. The van der Waals surface area contributed by atoms with Gasteiger partial charge in [-0.25, -0.2) is 9.97 Å². The maximum absolute atomic E-state index is 5.67. The van der Waals surface area contributed by atoms with Gasteiger partial charge in [-0.15, -0.1) is 0 Å². The molecule has 2 aliphatic rings. The molecule has 1 aromatic rings. The van der Waals surface area contributed by atoms with Crippen LogP contribution in [0.1, 0.15) is 19.3 Å².